The Morgan fingerprint density at radius 3 is 2.56 bits per heavy atom. The van der Waals surface area contributed by atoms with Crippen molar-refractivity contribution < 1.29 is 19.1 Å². The first-order chi connectivity index (χ1) is 15.2. The summed E-state index contributed by atoms with van der Waals surface area (Å²) in [5.41, 5.74) is 0.406. The summed E-state index contributed by atoms with van der Waals surface area (Å²) in [6.07, 6.45) is 5.09. The largest absolute Gasteiger partial charge is 0.392 e. The molecular weight excluding hydrogens is 409 g/mol. The number of halogens is 1. The number of hydrogen-bond acceptors (Lipinski definition) is 3. The molecule has 176 valence electrons. The van der Waals surface area contributed by atoms with E-state index in [4.69, 9.17) is 0 Å². The van der Waals surface area contributed by atoms with E-state index >= 15 is 0 Å². The van der Waals surface area contributed by atoms with E-state index in [9.17, 15) is 19.1 Å². The van der Waals surface area contributed by atoms with Gasteiger partial charge in [0.1, 0.15) is 5.82 Å². The highest BCUT2D eigenvalue weighted by Gasteiger charge is 2.54. The molecule has 0 spiro atoms. The van der Waals surface area contributed by atoms with Crippen LogP contribution in [0.4, 0.5) is 14.9 Å². The quantitative estimate of drug-likeness (QED) is 0.551. The number of amides is 3. The van der Waals surface area contributed by atoms with Crippen LogP contribution >= 0.6 is 0 Å². The Kier molecular flexibility index (Phi) is 6.48. The number of hydrogen-bond donors (Lipinski definition) is 4. The van der Waals surface area contributed by atoms with E-state index in [2.05, 4.69) is 29.8 Å². The lowest BCUT2D eigenvalue weighted by Gasteiger charge is -2.56. The van der Waals surface area contributed by atoms with Gasteiger partial charge in [0.25, 0.3) is 0 Å². The van der Waals surface area contributed by atoms with Crippen LogP contribution in [0.2, 0.25) is 0 Å². The van der Waals surface area contributed by atoms with E-state index in [1.54, 1.807) is 12.1 Å². The minimum absolute atomic E-state index is 0.000757. The molecule has 0 bridgehead atoms. The summed E-state index contributed by atoms with van der Waals surface area (Å²) in [6.45, 7) is 6.27. The SMILES string of the molecule is CC(C(=O)NC1CC1)C1CCC2(C)CCC(NC(=O)Nc3cccc(F)c3)C(C)C2C1O. The Morgan fingerprint density at radius 2 is 1.88 bits per heavy atom. The van der Waals surface area contributed by atoms with Gasteiger partial charge in [-0.15, -0.1) is 0 Å². The zero-order valence-corrected chi connectivity index (χ0v) is 19.2. The summed E-state index contributed by atoms with van der Waals surface area (Å²) >= 11 is 0. The molecule has 3 amide bonds. The lowest BCUT2D eigenvalue weighted by Crippen LogP contribution is -2.59. The van der Waals surface area contributed by atoms with E-state index in [-0.39, 0.29) is 47.1 Å². The van der Waals surface area contributed by atoms with Crippen LogP contribution in [0.25, 0.3) is 0 Å². The third kappa shape index (κ3) is 4.77. The molecule has 0 aromatic heterocycles. The summed E-state index contributed by atoms with van der Waals surface area (Å²) in [7, 11) is 0. The number of anilines is 1. The molecule has 3 fully saturated rings. The van der Waals surface area contributed by atoms with Gasteiger partial charge in [0, 0.05) is 23.7 Å². The van der Waals surface area contributed by atoms with Crippen LogP contribution < -0.4 is 16.0 Å². The van der Waals surface area contributed by atoms with Crippen molar-refractivity contribution in [3.8, 4) is 0 Å². The predicted octanol–water partition coefficient (Wildman–Crippen LogP) is 4.05. The minimum atomic E-state index is -0.584. The number of aliphatic hydroxyl groups is 1. The van der Waals surface area contributed by atoms with Crippen molar-refractivity contribution >= 4 is 17.6 Å². The van der Waals surface area contributed by atoms with Gasteiger partial charge in [0.15, 0.2) is 0 Å². The summed E-state index contributed by atoms with van der Waals surface area (Å²) in [4.78, 5) is 25.2. The molecule has 4 rings (SSSR count). The van der Waals surface area contributed by atoms with Crippen molar-refractivity contribution in [3.63, 3.8) is 0 Å². The Labute approximate surface area is 189 Å². The standard InChI is InChI=1S/C25H36FN3O3/c1-14(23(31)27-17-7-8-17)19-9-11-25(3)12-10-20(15(2)21(25)22(19)30)29-24(32)28-18-6-4-5-16(26)13-18/h4-6,13-15,17,19-22,30H,7-12H2,1-3H3,(H,27,31)(H2,28,29,32). The van der Waals surface area contributed by atoms with Crippen LogP contribution in [0.15, 0.2) is 24.3 Å². The van der Waals surface area contributed by atoms with Crippen LogP contribution in [-0.4, -0.2) is 35.2 Å². The molecule has 1 aromatic rings. The number of rotatable bonds is 5. The predicted molar refractivity (Wildman–Crippen MR) is 121 cm³/mol. The smallest absolute Gasteiger partial charge is 0.319 e. The fraction of sp³-hybridized carbons (Fsp3) is 0.680. The van der Waals surface area contributed by atoms with Gasteiger partial charge in [-0.25, -0.2) is 9.18 Å². The van der Waals surface area contributed by atoms with Crippen molar-refractivity contribution in [2.45, 2.75) is 77.5 Å². The highest BCUT2D eigenvalue weighted by Crippen LogP contribution is 2.55. The Balaban J connectivity index is 1.42. The maximum atomic E-state index is 13.4. The first-order valence-electron chi connectivity index (χ1n) is 12.0. The Bertz CT molecular complexity index is 861. The lowest BCUT2D eigenvalue weighted by molar-refractivity contribution is -0.142. The molecule has 4 N–H and O–H groups in total. The van der Waals surface area contributed by atoms with Crippen LogP contribution in [0.3, 0.4) is 0 Å². The van der Waals surface area contributed by atoms with E-state index in [0.717, 1.165) is 38.5 Å². The number of carbonyl (C=O) groups excluding carboxylic acids is 2. The van der Waals surface area contributed by atoms with E-state index in [0.29, 0.717) is 11.7 Å². The molecule has 1 aromatic carbocycles. The Morgan fingerprint density at radius 1 is 1.16 bits per heavy atom. The molecule has 0 saturated heterocycles. The van der Waals surface area contributed by atoms with Crippen molar-refractivity contribution in [2.75, 3.05) is 5.32 Å². The number of carbonyl (C=O) groups is 2. The average Bonchev–Trinajstić information content (AvgIpc) is 3.54. The molecule has 7 unspecified atom stereocenters. The summed E-state index contributed by atoms with van der Waals surface area (Å²) in [6, 6.07) is 5.67. The van der Waals surface area contributed by atoms with E-state index < -0.39 is 11.9 Å². The third-order valence-corrected chi connectivity index (χ3v) is 8.27. The molecule has 3 aliphatic carbocycles. The number of aliphatic hydroxyl groups excluding tert-OH is 1. The van der Waals surface area contributed by atoms with Crippen LogP contribution in [-0.2, 0) is 4.79 Å². The Hall–Kier alpha value is -2.15. The minimum Gasteiger partial charge on any atom is -0.392 e. The highest BCUT2D eigenvalue weighted by molar-refractivity contribution is 5.89. The maximum absolute atomic E-state index is 13.4. The van der Waals surface area contributed by atoms with E-state index in [1.165, 1.54) is 12.1 Å². The molecule has 32 heavy (non-hydrogen) atoms. The van der Waals surface area contributed by atoms with Gasteiger partial charge in [-0.2, -0.15) is 0 Å². The fourth-order valence-electron chi connectivity index (χ4n) is 6.15. The molecule has 3 saturated carbocycles. The van der Waals surface area contributed by atoms with Gasteiger partial charge in [-0.1, -0.05) is 26.8 Å². The first-order valence-corrected chi connectivity index (χ1v) is 12.0. The van der Waals surface area contributed by atoms with Crippen LogP contribution in [0, 0.1) is 34.9 Å². The highest BCUT2D eigenvalue weighted by atomic mass is 19.1. The number of nitrogens with one attached hydrogen (secondary N) is 3. The molecule has 3 aliphatic rings. The molecule has 0 radical (unpaired) electrons. The molecular formula is C25H36FN3O3. The summed E-state index contributed by atoms with van der Waals surface area (Å²) < 4.78 is 13.4. The number of benzene rings is 1. The van der Waals surface area contributed by atoms with Crippen LogP contribution in [0.1, 0.15) is 59.3 Å². The van der Waals surface area contributed by atoms with Gasteiger partial charge in [0.2, 0.25) is 5.91 Å². The second kappa shape index (κ2) is 9.00. The lowest BCUT2D eigenvalue weighted by atomic mass is 9.52. The number of fused-ring (bicyclic) bond motifs is 1. The van der Waals surface area contributed by atoms with Gasteiger partial charge in [-0.05, 0) is 79.9 Å². The molecule has 7 atom stereocenters. The summed E-state index contributed by atoms with van der Waals surface area (Å²) in [5.74, 6) is -0.594. The first kappa shape index (κ1) is 23.0. The molecule has 0 heterocycles. The maximum Gasteiger partial charge on any atom is 0.319 e. The molecule has 0 aliphatic heterocycles. The van der Waals surface area contributed by atoms with Crippen molar-refractivity contribution in [1.29, 1.82) is 0 Å². The number of urea groups is 1. The topological polar surface area (TPSA) is 90.5 Å². The van der Waals surface area contributed by atoms with Gasteiger partial charge in [-0.3, -0.25) is 4.79 Å². The third-order valence-electron chi connectivity index (χ3n) is 8.27. The van der Waals surface area contributed by atoms with Gasteiger partial charge >= 0.3 is 6.03 Å². The second-order valence-corrected chi connectivity index (χ2v) is 10.6. The average molecular weight is 446 g/mol. The monoisotopic (exact) mass is 445 g/mol. The molecule has 6 nitrogen and oxygen atoms in total. The zero-order valence-electron chi connectivity index (χ0n) is 19.2. The normalized spacial score (nSPS) is 35.3. The van der Waals surface area contributed by atoms with Gasteiger partial charge < -0.3 is 21.1 Å². The van der Waals surface area contributed by atoms with E-state index in [1.807, 2.05) is 6.92 Å². The van der Waals surface area contributed by atoms with Crippen LogP contribution in [0.5, 0.6) is 0 Å². The van der Waals surface area contributed by atoms with Crippen molar-refractivity contribution in [2.24, 2.45) is 29.1 Å². The second-order valence-electron chi connectivity index (χ2n) is 10.6. The van der Waals surface area contributed by atoms with Gasteiger partial charge in [0.05, 0.1) is 6.10 Å². The van der Waals surface area contributed by atoms with Crippen molar-refractivity contribution in [1.82, 2.24) is 10.6 Å². The molecule has 7 heteroatoms. The zero-order chi connectivity index (χ0) is 23.0. The van der Waals surface area contributed by atoms with Crippen molar-refractivity contribution in [3.05, 3.63) is 30.1 Å². The fourth-order valence-corrected chi connectivity index (χ4v) is 6.15. The summed E-state index contributed by atoms with van der Waals surface area (Å²) in [5, 5.41) is 20.3.